The van der Waals surface area contributed by atoms with Gasteiger partial charge in [0, 0.05) is 43.6 Å². The number of nitrogens with zero attached hydrogens (tertiary/aromatic N) is 4. The molecule has 1 fully saturated rings. The molecule has 1 atom stereocenters. The van der Waals surface area contributed by atoms with Gasteiger partial charge < -0.3 is 4.90 Å². The molecule has 0 N–H and O–H groups in total. The van der Waals surface area contributed by atoms with E-state index in [0.717, 1.165) is 31.3 Å². The first kappa shape index (κ1) is 14.3. The molecule has 106 valence electrons. The van der Waals surface area contributed by atoms with Gasteiger partial charge in [0.25, 0.3) is 0 Å². The third-order valence-electron chi connectivity index (χ3n) is 3.88. The van der Waals surface area contributed by atoms with Gasteiger partial charge in [-0.25, -0.2) is 9.97 Å². The smallest absolute Gasteiger partial charge is 0.225 e. The van der Waals surface area contributed by atoms with Crippen LogP contribution in [0.15, 0.2) is 12.3 Å². The molecule has 1 saturated heterocycles. The van der Waals surface area contributed by atoms with Gasteiger partial charge in [-0.05, 0) is 32.8 Å². The number of piperazine rings is 1. The molecular weight excluding hydrogens is 236 g/mol. The first-order valence-electron chi connectivity index (χ1n) is 7.32. The van der Waals surface area contributed by atoms with E-state index in [4.69, 9.17) is 4.98 Å². The van der Waals surface area contributed by atoms with Crippen LogP contribution in [0.2, 0.25) is 0 Å². The second-order valence-electron chi connectivity index (χ2n) is 6.06. The van der Waals surface area contributed by atoms with Crippen molar-refractivity contribution >= 4 is 5.95 Å². The molecule has 0 saturated carbocycles. The summed E-state index contributed by atoms with van der Waals surface area (Å²) in [6, 6.07) is 3.18. The lowest BCUT2D eigenvalue weighted by atomic mass is 10.1. The molecule has 4 nitrogen and oxygen atoms in total. The predicted octanol–water partition coefficient (Wildman–Crippen LogP) is 2.52. The molecule has 1 aliphatic heterocycles. The Hall–Kier alpha value is -1.16. The molecule has 4 heteroatoms. The average Bonchev–Trinajstić information content (AvgIpc) is 2.38. The molecule has 19 heavy (non-hydrogen) atoms. The lowest BCUT2D eigenvalue weighted by molar-refractivity contribution is 0.147. The molecule has 1 aliphatic rings. The summed E-state index contributed by atoms with van der Waals surface area (Å²) in [6.45, 7) is 14.3. The van der Waals surface area contributed by atoms with Crippen molar-refractivity contribution in [3.8, 4) is 0 Å². The third kappa shape index (κ3) is 3.24. The Bertz CT molecular complexity index is 416. The summed E-state index contributed by atoms with van der Waals surface area (Å²) in [5, 5.41) is 0. The Labute approximate surface area is 116 Å². The summed E-state index contributed by atoms with van der Waals surface area (Å²) in [7, 11) is 0. The second-order valence-corrected chi connectivity index (χ2v) is 6.06. The number of anilines is 1. The Balaban J connectivity index is 2.10. The van der Waals surface area contributed by atoms with Gasteiger partial charge in [0.1, 0.15) is 0 Å². The fourth-order valence-electron chi connectivity index (χ4n) is 2.76. The molecule has 0 bridgehead atoms. The predicted molar refractivity (Wildman–Crippen MR) is 79.6 cm³/mol. The van der Waals surface area contributed by atoms with Crippen LogP contribution < -0.4 is 4.90 Å². The van der Waals surface area contributed by atoms with Gasteiger partial charge in [-0.15, -0.1) is 0 Å². The van der Waals surface area contributed by atoms with Gasteiger partial charge in [0.05, 0.1) is 0 Å². The second kappa shape index (κ2) is 5.87. The maximum absolute atomic E-state index is 4.70. The zero-order valence-electron chi connectivity index (χ0n) is 12.8. The number of rotatable bonds is 3. The van der Waals surface area contributed by atoms with Crippen LogP contribution in [0.5, 0.6) is 0 Å². The first-order valence-corrected chi connectivity index (χ1v) is 7.32. The van der Waals surface area contributed by atoms with E-state index in [9.17, 15) is 0 Å². The van der Waals surface area contributed by atoms with E-state index in [-0.39, 0.29) is 0 Å². The van der Waals surface area contributed by atoms with Crippen molar-refractivity contribution in [1.82, 2.24) is 14.9 Å². The number of hydrogen-bond donors (Lipinski definition) is 0. The Kier molecular flexibility index (Phi) is 4.40. The van der Waals surface area contributed by atoms with Crippen LogP contribution in [-0.2, 0) is 0 Å². The van der Waals surface area contributed by atoms with Crippen LogP contribution in [0.3, 0.4) is 0 Å². The highest BCUT2D eigenvalue weighted by Gasteiger charge is 2.26. The van der Waals surface area contributed by atoms with E-state index in [0.29, 0.717) is 18.0 Å². The highest BCUT2D eigenvalue weighted by Crippen LogP contribution is 2.19. The monoisotopic (exact) mass is 262 g/mol. The molecule has 0 aromatic carbocycles. The summed E-state index contributed by atoms with van der Waals surface area (Å²) in [5.74, 6) is 1.34. The van der Waals surface area contributed by atoms with Crippen molar-refractivity contribution in [1.29, 1.82) is 0 Å². The number of aromatic nitrogens is 2. The summed E-state index contributed by atoms with van der Waals surface area (Å²) in [4.78, 5) is 14.0. The van der Waals surface area contributed by atoms with Crippen LogP contribution in [0, 0.1) is 0 Å². The molecule has 0 spiro atoms. The van der Waals surface area contributed by atoms with Gasteiger partial charge in [-0.3, -0.25) is 4.90 Å². The van der Waals surface area contributed by atoms with Gasteiger partial charge in [-0.1, -0.05) is 13.8 Å². The minimum atomic E-state index is 0.455. The maximum atomic E-state index is 4.70. The van der Waals surface area contributed by atoms with E-state index in [2.05, 4.69) is 49.4 Å². The molecule has 0 aliphatic carbocycles. The fourth-order valence-corrected chi connectivity index (χ4v) is 2.76. The van der Waals surface area contributed by atoms with E-state index in [1.54, 1.807) is 0 Å². The van der Waals surface area contributed by atoms with Crippen molar-refractivity contribution in [3.05, 3.63) is 18.0 Å². The summed E-state index contributed by atoms with van der Waals surface area (Å²) in [6.07, 6.45) is 1.89. The zero-order chi connectivity index (χ0) is 14.0. The van der Waals surface area contributed by atoms with Crippen molar-refractivity contribution < 1.29 is 0 Å². The maximum Gasteiger partial charge on any atom is 0.225 e. The van der Waals surface area contributed by atoms with Gasteiger partial charge in [0.15, 0.2) is 0 Å². The van der Waals surface area contributed by atoms with Crippen LogP contribution in [0.1, 0.15) is 46.2 Å². The van der Waals surface area contributed by atoms with E-state index < -0.39 is 0 Å². The average molecular weight is 262 g/mol. The highest BCUT2D eigenvalue weighted by atomic mass is 15.3. The zero-order valence-corrected chi connectivity index (χ0v) is 12.8. The summed E-state index contributed by atoms with van der Waals surface area (Å²) >= 11 is 0. The lowest BCUT2D eigenvalue weighted by Gasteiger charge is -2.42. The highest BCUT2D eigenvalue weighted by molar-refractivity contribution is 5.32. The SMILES string of the molecule is CC(C)c1ccnc(N2CCN(C(C)C)[C@H](C)C2)n1. The lowest BCUT2D eigenvalue weighted by Crippen LogP contribution is -2.54. The van der Waals surface area contributed by atoms with Crippen molar-refractivity contribution in [2.45, 2.75) is 52.6 Å². The van der Waals surface area contributed by atoms with Gasteiger partial charge >= 0.3 is 0 Å². The standard InChI is InChI=1S/C15H26N4/c1-11(2)14-6-7-16-15(17-14)18-8-9-19(12(3)4)13(5)10-18/h6-7,11-13H,8-10H2,1-5H3/t13-/m1/s1. The third-order valence-corrected chi connectivity index (χ3v) is 3.88. The normalized spacial score (nSPS) is 21.4. The minimum absolute atomic E-state index is 0.455. The fraction of sp³-hybridized carbons (Fsp3) is 0.733. The van der Waals surface area contributed by atoms with Gasteiger partial charge in [-0.2, -0.15) is 0 Å². The van der Waals surface area contributed by atoms with E-state index in [1.807, 2.05) is 12.3 Å². The largest absolute Gasteiger partial charge is 0.338 e. The Morgan fingerprint density at radius 2 is 1.95 bits per heavy atom. The summed E-state index contributed by atoms with van der Waals surface area (Å²) < 4.78 is 0. The van der Waals surface area contributed by atoms with E-state index in [1.165, 1.54) is 0 Å². The Morgan fingerprint density at radius 3 is 2.53 bits per heavy atom. The topological polar surface area (TPSA) is 32.3 Å². The summed E-state index contributed by atoms with van der Waals surface area (Å²) in [5.41, 5.74) is 1.13. The minimum Gasteiger partial charge on any atom is -0.338 e. The Morgan fingerprint density at radius 1 is 1.21 bits per heavy atom. The van der Waals surface area contributed by atoms with Crippen LogP contribution >= 0.6 is 0 Å². The van der Waals surface area contributed by atoms with Crippen molar-refractivity contribution in [2.75, 3.05) is 24.5 Å². The van der Waals surface area contributed by atoms with Gasteiger partial charge in [0.2, 0.25) is 5.95 Å². The first-order chi connectivity index (χ1) is 8.99. The van der Waals surface area contributed by atoms with Crippen LogP contribution in [0.4, 0.5) is 5.95 Å². The van der Waals surface area contributed by atoms with Crippen molar-refractivity contribution in [2.24, 2.45) is 0 Å². The van der Waals surface area contributed by atoms with Crippen LogP contribution in [-0.4, -0.2) is 46.6 Å². The van der Waals surface area contributed by atoms with Crippen molar-refractivity contribution in [3.63, 3.8) is 0 Å². The molecule has 0 unspecified atom stereocenters. The molecule has 2 rings (SSSR count). The molecule has 1 aromatic rings. The van der Waals surface area contributed by atoms with Crippen LogP contribution in [0.25, 0.3) is 0 Å². The molecule has 0 amide bonds. The molecule has 0 radical (unpaired) electrons. The quantitative estimate of drug-likeness (QED) is 0.838. The van der Waals surface area contributed by atoms with E-state index >= 15 is 0 Å². The molecule has 1 aromatic heterocycles. The molecule has 2 heterocycles. The number of hydrogen-bond acceptors (Lipinski definition) is 4. The molecular formula is C15H26N4.